The number of sulfonamides is 1. The fourth-order valence-electron chi connectivity index (χ4n) is 1.68. The molecule has 0 aliphatic heterocycles. The van der Waals surface area contributed by atoms with Crippen LogP contribution in [-0.4, -0.2) is 32.0 Å². The predicted octanol–water partition coefficient (Wildman–Crippen LogP) is 1.52. The second-order valence-corrected chi connectivity index (χ2v) is 6.07. The lowest BCUT2D eigenvalue weighted by atomic mass is 10.3. The molecule has 0 heterocycles. The quantitative estimate of drug-likeness (QED) is 0.565. The summed E-state index contributed by atoms with van der Waals surface area (Å²) in [5, 5.41) is 14.0. The van der Waals surface area contributed by atoms with Gasteiger partial charge in [-0.15, -0.1) is 4.40 Å². The Morgan fingerprint density at radius 2 is 1.57 bits per heavy atom. The number of hydrogen-bond acceptors (Lipinski definition) is 3. The van der Waals surface area contributed by atoms with E-state index in [1.54, 1.807) is 48.5 Å². The second kappa shape index (κ2) is 7.41. The van der Waals surface area contributed by atoms with Crippen LogP contribution in [0.1, 0.15) is 0 Å². The van der Waals surface area contributed by atoms with Gasteiger partial charge in [-0.1, -0.05) is 36.4 Å². The van der Waals surface area contributed by atoms with Crippen LogP contribution in [0, 0.1) is 0 Å². The van der Waals surface area contributed by atoms with Crippen molar-refractivity contribution >= 4 is 27.6 Å². The number of nitrogens with one attached hydrogen (secondary N) is 2. The lowest BCUT2D eigenvalue weighted by Crippen LogP contribution is -2.35. The van der Waals surface area contributed by atoms with Crippen molar-refractivity contribution in [2.75, 3.05) is 11.9 Å². The molecule has 3 N–H and O–H groups in total. The zero-order valence-corrected chi connectivity index (χ0v) is 12.8. The van der Waals surface area contributed by atoms with Gasteiger partial charge in [0.05, 0.1) is 4.90 Å². The first kappa shape index (κ1) is 16.5. The molecule has 0 atom stereocenters. The predicted molar refractivity (Wildman–Crippen MR) is 86.8 cm³/mol. The van der Waals surface area contributed by atoms with Gasteiger partial charge in [0.1, 0.15) is 6.54 Å². The van der Waals surface area contributed by atoms with Crippen LogP contribution in [0.3, 0.4) is 0 Å². The summed E-state index contributed by atoms with van der Waals surface area (Å²) in [6.45, 7) is -0.469. The Morgan fingerprint density at radius 1 is 1.00 bits per heavy atom. The van der Waals surface area contributed by atoms with E-state index in [2.05, 4.69) is 15.0 Å². The third-order valence-electron chi connectivity index (χ3n) is 2.70. The number of carboxylic acids is 1. The van der Waals surface area contributed by atoms with Gasteiger partial charge in [-0.2, -0.15) is 8.42 Å². The van der Waals surface area contributed by atoms with Crippen LogP contribution in [-0.2, 0) is 14.8 Å². The number of hydrogen-bond donors (Lipinski definition) is 3. The highest BCUT2D eigenvalue weighted by atomic mass is 32.2. The van der Waals surface area contributed by atoms with Crippen molar-refractivity contribution in [3.05, 3.63) is 60.7 Å². The van der Waals surface area contributed by atoms with E-state index >= 15 is 0 Å². The molecule has 0 amide bonds. The number of nitrogens with zero attached hydrogens (tertiary/aromatic N) is 1. The summed E-state index contributed by atoms with van der Waals surface area (Å²) in [7, 11) is -3.96. The molecule has 0 bridgehead atoms. The average molecular weight is 333 g/mol. The van der Waals surface area contributed by atoms with E-state index < -0.39 is 22.5 Å². The van der Waals surface area contributed by atoms with Crippen LogP contribution < -0.4 is 10.6 Å². The summed E-state index contributed by atoms with van der Waals surface area (Å²) in [6, 6.07) is 16.4. The molecule has 2 rings (SSSR count). The largest absolute Gasteiger partial charge is 0.480 e. The van der Waals surface area contributed by atoms with Crippen LogP contribution in [0.25, 0.3) is 0 Å². The van der Waals surface area contributed by atoms with E-state index in [1.165, 1.54) is 12.1 Å². The summed E-state index contributed by atoms with van der Waals surface area (Å²) < 4.78 is 28.2. The standard InChI is InChI=1S/C15H15N3O4S/c19-14(20)11-16-15(17-12-7-3-1-4-8-12)18-23(21,22)13-9-5-2-6-10-13/h1-10H,11H2,(H,19,20)(H2,16,17,18). The SMILES string of the molecule is O=C(O)CNC(=NS(=O)(=O)c1ccccc1)Nc1ccccc1. The molecule has 2 aromatic rings. The van der Waals surface area contributed by atoms with E-state index in [0.29, 0.717) is 5.69 Å². The summed E-state index contributed by atoms with van der Waals surface area (Å²) in [6.07, 6.45) is 0. The van der Waals surface area contributed by atoms with Crippen molar-refractivity contribution in [3.8, 4) is 0 Å². The van der Waals surface area contributed by atoms with Crippen LogP contribution in [0.2, 0.25) is 0 Å². The lowest BCUT2D eigenvalue weighted by molar-refractivity contribution is -0.135. The fourth-order valence-corrected chi connectivity index (χ4v) is 2.64. The second-order valence-electron chi connectivity index (χ2n) is 4.47. The molecule has 0 saturated carbocycles. The molecule has 0 radical (unpaired) electrons. The van der Waals surface area contributed by atoms with Gasteiger partial charge in [-0.3, -0.25) is 4.79 Å². The number of benzene rings is 2. The van der Waals surface area contributed by atoms with Gasteiger partial charge in [0.2, 0.25) is 5.96 Å². The van der Waals surface area contributed by atoms with Gasteiger partial charge in [-0.05, 0) is 24.3 Å². The number of aliphatic carboxylic acids is 1. The molecule has 0 spiro atoms. The van der Waals surface area contributed by atoms with Gasteiger partial charge < -0.3 is 15.7 Å². The van der Waals surface area contributed by atoms with Crippen molar-refractivity contribution in [1.82, 2.24) is 5.32 Å². The van der Waals surface area contributed by atoms with Crippen molar-refractivity contribution in [1.29, 1.82) is 0 Å². The Balaban J connectivity index is 2.30. The van der Waals surface area contributed by atoms with Gasteiger partial charge >= 0.3 is 5.97 Å². The summed E-state index contributed by atoms with van der Waals surface area (Å²) in [4.78, 5) is 10.7. The number of para-hydroxylation sites is 1. The minimum absolute atomic E-state index is 0.0180. The van der Waals surface area contributed by atoms with Crippen LogP contribution in [0.5, 0.6) is 0 Å². The number of guanidine groups is 1. The molecule has 2 aromatic carbocycles. The Hall–Kier alpha value is -2.87. The van der Waals surface area contributed by atoms with E-state index in [-0.39, 0.29) is 10.9 Å². The average Bonchev–Trinajstić information content (AvgIpc) is 2.54. The first-order chi connectivity index (χ1) is 11.0. The monoisotopic (exact) mass is 333 g/mol. The minimum Gasteiger partial charge on any atom is -0.480 e. The maximum Gasteiger partial charge on any atom is 0.322 e. The highest BCUT2D eigenvalue weighted by Gasteiger charge is 2.14. The highest BCUT2D eigenvalue weighted by molar-refractivity contribution is 7.90. The molecule has 0 fully saturated rings. The summed E-state index contributed by atoms with van der Waals surface area (Å²) in [5.74, 6) is -1.30. The molecule has 0 aliphatic carbocycles. The molecule has 7 nitrogen and oxygen atoms in total. The maximum absolute atomic E-state index is 12.3. The zero-order valence-electron chi connectivity index (χ0n) is 12.0. The zero-order chi connectivity index (χ0) is 16.7. The van der Waals surface area contributed by atoms with Crippen LogP contribution in [0.4, 0.5) is 5.69 Å². The molecule has 0 aliphatic rings. The van der Waals surface area contributed by atoms with E-state index in [0.717, 1.165) is 0 Å². The third kappa shape index (κ3) is 5.11. The highest BCUT2D eigenvalue weighted by Crippen LogP contribution is 2.12. The molecule has 0 aromatic heterocycles. The smallest absolute Gasteiger partial charge is 0.322 e. The first-order valence-corrected chi connectivity index (χ1v) is 8.09. The van der Waals surface area contributed by atoms with Crippen molar-refractivity contribution < 1.29 is 18.3 Å². The van der Waals surface area contributed by atoms with E-state index in [9.17, 15) is 13.2 Å². The molecule has 120 valence electrons. The normalized spacial score (nSPS) is 11.7. The molecule has 23 heavy (non-hydrogen) atoms. The minimum atomic E-state index is -3.96. The van der Waals surface area contributed by atoms with Crippen molar-refractivity contribution in [2.24, 2.45) is 4.40 Å². The number of rotatable bonds is 5. The van der Waals surface area contributed by atoms with Gasteiger partial charge in [0.25, 0.3) is 10.0 Å². The molecule has 0 unspecified atom stereocenters. The van der Waals surface area contributed by atoms with Crippen LogP contribution >= 0.6 is 0 Å². The Bertz CT molecular complexity index is 790. The Labute approximate surface area is 133 Å². The molecular formula is C15H15N3O4S. The summed E-state index contributed by atoms with van der Waals surface area (Å²) in [5.41, 5.74) is 0.576. The lowest BCUT2D eigenvalue weighted by Gasteiger charge is -2.11. The van der Waals surface area contributed by atoms with E-state index in [1.807, 2.05) is 0 Å². The van der Waals surface area contributed by atoms with Gasteiger partial charge in [0.15, 0.2) is 0 Å². The Kier molecular flexibility index (Phi) is 5.32. The van der Waals surface area contributed by atoms with E-state index in [4.69, 9.17) is 5.11 Å². The molecular weight excluding hydrogens is 318 g/mol. The number of carboxylic acid groups (broad SMARTS) is 1. The van der Waals surface area contributed by atoms with Gasteiger partial charge in [-0.25, -0.2) is 0 Å². The fraction of sp³-hybridized carbons (Fsp3) is 0.0667. The molecule has 0 saturated heterocycles. The van der Waals surface area contributed by atoms with Crippen LogP contribution in [0.15, 0.2) is 70.0 Å². The third-order valence-corrected chi connectivity index (χ3v) is 3.99. The van der Waals surface area contributed by atoms with Crippen molar-refractivity contribution in [2.45, 2.75) is 4.90 Å². The number of anilines is 1. The van der Waals surface area contributed by atoms with Crippen molar-refractivity contribution in [3.63, 3.8) is 0 Å². The summed E-state index contributed by atoms with van der Waals surface area (Å²) >= 11 is 0. The number of carbonyl (C=O) groups is 1. The van der Waals surface area contributed by atoms with Gasteiger partial charge in [0, 0.05) is 5.69 Å². The first-order valence-electron chi connectivity index (χ1n) is 6.65. The maximum atomic E-state index is 12.3. The molecule has 8 heteroatoms. The topological polar surface area (TPSA) is 108 Å². The Morgan fingerprint density at radius 3 is 2.13 bits per heavy atom.